The number of amides is 1. The van der Waals surface area contributed by atoms with Gasteiger partial charge in [0, 0.05) is 5.56 Å². The van der Waals surface area contributed by atoms with Crippen LogP contribution in [0.25, 0.3) is 11.4 Å². The van der Waals surface area contributed by atoms with Crippen LogP contribution in [0.5, 0.6) is 5.75 Å². The number of ether oxygens (including phenoxy) is 1. The number of carbonyl (C=O) groups excluding carboxylic acids is 1. The molecule has 0 aliphatic heterocycles. The molecule has 1 N–H and O–H groups in total. The molecular formula is C20H21N5O2. The largest absolute Gasteiger partial charge is 0.492 e. The maximum absolute atomic E-state index is 12.0. The summed E-state index contributed by atoms with van der Waals surface area (Å²) in [5, 5.41) is 14.9. The molecule has 0 saturated carbocycles. The molecule has 2 aromatic carbocycles. The van der Waals surface area contributed by atoms with Gasteiger partial charge in [-0.25, -0.2) is 0 Å². The molecule has 1 heterocycles. The van der Waals surface area contributed by atoms with Gasteiger partial charge in [0.05, 0.1) is 6.54 Å². The molecule has 3 aromatic rings. The molecule has 1 aromatic heterocycles. The van der Waals surface area contributed by atoms with Gasteiger partial charge >= 0.3 is 0 Å². The van der Waals surface area contributed by atoms with Crippen molar-refractivity contribution in [1.29, 1.82) is 0 Å². The van der Waals surface area contributed by atoms with Crippen LogP contribution in [0.2, 0.25) is 0 Å². The van der Waals surface area contributed by atoms with Crippen LogP contribution in [-0.2, 0) is 24.2 Å². The summed E-state index contributed by atoms with van der Waals surface area (Å²) >= 11 is 0. The Morgan fingerprint density at radius 1 is 1.11 bits per heavy atom. The standard InChI is InChI=1S/C20H21N5O2/c26-19(14-25-23-20(22-24-25)16-5-2-1-3-6-16)21-11-12-27-18-10-9-15-7-4-8-17(15)13-18/h1-3,5-6,9-10,13H,4,7-8,11-12,14H2,(H,21,26). The van der Waals surface area contributed by atoms with Crippen LogP contribution in [-0.4, -0.2) is 39.3 Å². The number of benzene rings is 2. The Kier molecular flexibility index (Phi) is 5.09. The summed E-state index contributed by atoms with van der Waals surface area (Å²) < 4.78 is 5.73. The third kappa shape index (κ3) is 4.31. The molecule has 1 aliphatic rings. The van der Waals surface area contributed by atoms with E-state index in [1.807, 2.05) is 36.4 Å². The Morgan fingerprint density at radius 3 is 2.85 bits per heavy atom. The van der Waals surface area contributed by atoms with E-state index in [4.69, 9.17) is 4.74 Å². The minimum Gasteiger partial charge on any atom is -0.492 e. The number of hydrogen-bond donors (Lipinski definition) is 1. The topological polar surface area (TPSA) is 81.9 Å². The smallest absolute Gasteiger partial charge is 0.243 e. The molecule has 0 radical (unpaired) electrons. The van der Waals surface area contributed by atoms with Gasteiger partial charge in [0.2, 0.25) is 11.7 Å². The fourth-order valence-electron chi connectivity index (χ4n) is 3.19. The number of tetrazole rings is 1. The zero-order valence-electron chi connectivity index (χ0n) is 15.0. The van der Waals surface area contributed by atoms with Gasteiger partial charge in [0.25, 0.3) is 0 Å². The molecule has 4 rings (SSSR count). The maximum atomic E-state index is 12.0. The average molecular weight is 363 g/mol. The lowest BCUT2D eigenvalue weighted by molar-refractivity contribution is -0.122. The first kappa shape index (κ1) is 17.2. The fraction of sp³-hybridized carbons (Fsp3) is 0.300. The zero-order valence-corrected chi connectivity index (χ0v) is 15.0. The van der Waals surface area contributed by atoms with Crippen molar-refractivity contribution in [2.75, 3.05) is 13.2 Å². The maximum Gasteiger partial charge on any atom is 0.243 e. The first-order valence-corrected chi connectivity index (χ1v) is 9.12. The predicted octanol–water partition coefficient (Wildman–Crippen LogP) is 2.02. The SMILES string of the molecule is O=C(Cn1nnc(-c2ccccc2)n1)NCCOc1ccc2c(c1)CCC2. The summed E-state index contributed by atoms with van der Waals surface area (Å²) in [5.74, 6) is 1.18. The van der Waals surface area contributed by atoms with E-state index in [1.54, 1.807) is 0 Å². The predicted molar refractivity (Wildman–Crippen MR) is 100 cm³/mol. The van der Waals surface area contributed by atoms with E-state index < -0.39 is 0 Å². The molecule has 27 heavy (non-hydrogen) atoms. The van der Waals surface area contributed by atoms with Crippen LogP contribution in [0, 0.1) is 0 Å². The van der Waals surface area contributed by atoms with Gasteiger partial charge in [-0.05, 0) is 47.7 Å². The van der Waals surface area contributed by atoms with E-state index in [-0.39, 0.29) is 12.5 Å². The van der Waals surface area contributed by atoms with Crippen LogP contribution < -0.4 is 10.1 Å². The monoisotopic (exact) mass is 363 g/mol. The molecule has 0 spiro atoms. The van der Waals surface area contributed by atoms with Crippen LogP contribution in [0.15, 0.2) is 48.5 Å². The Bertz CT molecular complexity index is 923. The number of nitrogens with zero attached hydrogens (tertiary/aromatic N) is 4. The van der Waals surface area contributed by atoms with Gasteiger partial charge < -0.3 is 10.1 Å². The molecule has 0 fully saturated rings. The van der Waals surface area contributed by atoms with Crippen LogP contribution in [0.1, 0.15) is 17.5 Å². The second kappa shape index (κ2) is 7.99. The highest BCUT2D eigenvalue weighted by Gasteiger charge is 2.11. The van der Waals surface area contributed by atoms with Gasteiger partial charge in [-0.1, -0.05) is 36.4 Å². The molecule has 1 aliphatic carbocycles. The summed E-state index contributed by atoms with van der Waals surface area (Å²) in [5.41, 5.74) is 3.67. The van der Waals surface area contributed by atoms with Gasteiger partial charge in [0.1, 0.15) is 18.9 Å². The molecule has 138 valence electrons. The number of rotatable bonds is 7. The third-order valence-corrected chi connectivity index (χ3v) is 4.53. The summed E-state index contributed by atoms with van der Waals surface area (Å²) in [7, 11) is 0. The van der Waals surface area contributed by atoms with Crippen molar-refractivity contribution in [2.24, 2.45) is 0 Å². The van der Waals surface area contributed by atoms with Crippen LogP contribution >= 0.6 is 0 Å². The van der Waals surface area contributed by atoms with E-state index >= 15 is 0 Å². The Morgan fingerprint density at radius 2 is 1.96 bits per heavy atom. The van der Waals surface area contributed by atoms with Crippen molar-refractivity contribution in [3.05, 3.63) is 59.7 Å². The van der Waals surface area contributed by atoms with E-state index in [1.165, 1.54) is 22.3 Å². The number of aromatic nitrogens is 4. The number of fused-ring (bicyclic) bond motifs is 1. The van der Waals surface area contributed by atoms with Gasteiger partial charge in [-0.3, -0.25) is 4.79 Å². The highest BCUT2D eigenvalue weighted by molar-refractivity contribution is 5.75. The van der Waals surface area contributed by atoms with Gasteiger partial charge in [-0.2, -0.15) is 4.80 Å². The van der Waals surface area contributed by atoms with Crippen molar-refractivity contribution >= 4 is 5.91 Å². The molecule has 0 unspecified atom stereocenters. The summed E-state index contributed by atoms with van der Waals surface area (Å²) in [4.78, 5) is 13.3. The molecular weight excluding hydrogens is 342 g/mol. The Labute approximate surface area is 157 Å². The lowest BCUT2D eigenvalue weighted by atomic mass is 10.1. The minimum atomic E-state index is -0.176. The number of carbonyl (C=O) groups is 1. The molecule has 1 amide bonds. The Balaban J connectivity index is 1.22. The van der Waals surface area contributed by atoms with Crippen LogP contribution in [0.4, 0.5) is 0 Å². The van der Waals surface area contributed by atoms with Crippen molar-refractivity contribution < 1.29 is 9.53 Å². The molecule has 7 heteroatoms. The summed E-state index contributed by atoms with van der Waals surface area (Å²) in [6, 6.07) is 15.8. The fourth-order valence-corrected chi connectivity index (χ4v) is 3.19. The van der Waals surface area contributed by atoms with Gasteiger partial charge in [-0.15, -0.1) is 10.2 Å². The van der Waals surface area contributed by atoms with E-state index in [9.17, 15) is 4.79 Å². The minimum absolute atomic E-state index is 0.0265. The lowest BCUT2D eigenvalue weighted by Gasteiger charge is -2.09. The van der Waals surface area contributed by atoms with Crippen molar-refractivity contribution in [3.8, 4) is 17.1 Å². The lowest BCUT2D eigenvalue weighted by Crippen LogP contribution is -2.31. The normalized spacial score (nSPS) is 12.6. The van der Waals surface area contributed by atoms with E-state index in [0.29, 0.717) is 19.0 Å². The van der Waals surface area contributed by atoms with E-state index in [0.717, 1.165) is 24.2 Å². The Hall–Kier alpha value is -3.22. The first-order chi connectivity index (χ1) is 13.3. The number of aryl methyl sites for hydroxylation is 2. The van der Waals surface area contributed by atoms with Crippen molar-refractivity contribution in [2.45, 2.75) is 25.8 Å². The number of nitrogens with one attached hydrogen (secondary N) is 1. The molecule has 0 atom stereocenters. The van der Waals surface area contributed by atoms with Gasteiger partial charge in [0.15, 0.2) is 0 Å². The summed E-state index contributed by atoms with van der Waals surface area (Å²) in [6.45, 7) is 0.874. The average Bonchev–Trinajstić information content (AvgIpc) is 3.35. The molecule has 0 saturated heterocycles. The molecule has 7 nitrogen and oxygen atoms in total. The van der Waals surface area contributed by atoms with E-state index in [2.05, 4.69) is 32.9 Å². The van der Waals surface area contributed by atoms with Crippen molar-refractivity contribution in [1.82, 2.24) is 25.5 Å². The highest BCUT2D eigenvalue weighted by atomic mass is 16.5. The van der Waals surface area contributed by atoms with Crippen molar-refractivity contribution in [3.63, 3.8) is 0 Å². The second-order valence-corrected chi connectivity index (χ2v) is 6.49. The van der Waals surface area contributed by atoms with Crippen LogP contribution in [0.3, 0.4) is 0 Å². The first-order valence-electron chi connectivity index (χ1n) is 9.12. The zero-order chi connectivity index (χ0) is 18.5. The molecule has 0 bridgehead atoms. The number of hydrogen-bond acceptors (Lipinski definition) is 5. The highest BCUT2D eigenvalue weighted by Crippen LogP contribution is 2.25. The second-order valence-electron chi connectivity index (χ2n) is 6.49. The third-order valence-electron chi connectivity index (χ3n) is 4.53. The quantitative estimate of drug-likeness (QED) is 0.650. The summed E-state index contributed by atoms with van der Waals surface area (Å²) in [6.07, 6.45) is 3.50.